The molecule has 1 saturated carbocycles. The molecule has 0 spiro atoms. The fourth-order valence-electron chi connectivity index (χ4n) is 4.24. The predicted octanol–water partition coefficient (Wildman–Crippen LogP) is 0.930. The van der Waals surface area contributed by atoms with Crippen molar-refractivity contribution in [2.75, 3.05) is 31.9 Å². The van der Waals surface area contributed by atoms with E-state index in [4.69, 9.17) is 4.52 Å². The normalized spacial score (nSPS) is 29.3. The quantitative estimate of drug-likeness (QED) is 0.726. The van der Waals surface area contributed by atoms with Crippen LogP contribution >= 0.6 is 0 Å². The van der Waals surface area contributed by atoms with Crippen LogP contribution in [0.5, 0.6) is 0 Å². The summed E-state index contributed by atoms with van der Waals surface area (Å²) in [5.74, 6) is 1.52. The van der Waals surface area contributed by atoms with Gasteiger partial charge in [-0.05, 0) is 26.2 Å². The second-order valence-corrected chi connectivity index (χ2v) is 10.0. The van der Waals surface area contributed by atoms with Gasteiger partial charge in [0, 0.05) is 38.0 Å². The third-order valence-electron chi connectivity index (χ3n) is 5.92. The van der Waals surface area contributed by atoms with Crippen molar-refractivity contribution in [1.29, 1.82) is 0 Å². The summed E-state index contributed by atoms with van der Waals surface area (Å²) >= 11 is 0. The number of sulfonamides is 1. The van der Waals surface area contributed by atoms with Gasteiger partial charge in [0.15, 0.2) is 5.82 Å². The van der Waals surface area contributed by atoms with Crippen LogP contribution in [0.25, 0.3) is 0 Å². The van der Waals surface area contributed by atoms with Gasteiger partial charge in [0.05, 0.1) is 11.2 Å². The van der Waals surface area contributed by atoms with Crippen molar-refractivity contribution in [1.82, 2.24) is 19.3 Å². The van der Waals surface area contributed by atoms with Gasteiger partial charge in [-0.25, -0.2) is 12.7 Å². The Labute approximate surface area is 154 Å². The number of nitrogens with zero attached hydrogens (tertiary/aromatic N) is 4. The molecule has 4 rings (SSSR count). The first kappa shape index (κ1) is 17.9. The molecule has 2 saturated heterocycles. The molecule has 0 radical (unpaired) electrons. The Bertz CT molecular complexity index is 803. The third kappa shape index (κ3) is 2.94. The van der Waals surface area contributed by atoms with E-state index in [2.05, 4.69) is 10.1 Å². The highest BCUT2D eigenvalue weighted by Crippen LogP contribution is 2.46. The number of likely N-dealkylation sites (tertiary alicyclic amines) is 1. The summed E-state index contributed by atoms with van der Waals surface area (Å²) < 4.78 is 32.5. The van der Waals surface area contributed by atoms with Crippen molar-refractivity contribution in [3.63, 3.8) is 0 Å². The Balaban J connectivity index is 1.61. The molecule has 9 heteroatoms. The summed E-state index contributed by atoms with van der Waals surface area (Å²) in [6, 6.07) is 0. The number of carbonyl (C=O) groups excluding carboxylic acids is 1. The molecule has 1 aromatic rings. The number of carbonyl (C=O) groups is 1. The minimum atomic E-state index is -3.31. The van der Waals surface area contributed by atoms with E-state index in [0.717, 1.165) is 19.3 Å². The minimum Gasteiger partial charge on any atom is -0.341 e. The van der Waals surface area contributed by atoms with Crippen molar-refractivity contribution in [3.05, 3.63) is 11.7 Å². The van der Waals surface area contributed by atoms with Crippen molar-refractivity contribution >= 4 is 15.9 Å². The number of amides is 1. The van der Waals surface area contributed by atoms with E-state index in [9.17, 15) is 13.2 Å². The fraction of sp³-hybridized carbons (Fsp3) is 0.824. The number of fused-ring (bicyclic) bond motifs is 1. The van der Waals surface area contributed by atoms with Gasteiger partial charge >= 0.3 is 0 Å². The van der Waals surface area contributed by atoms with Crippen LogP contribution in [0.1, 0.15) is 44.3 Å². The minimum absolute atomic E-state index is 0.00134. The van der Waals surface area contributed by atoms with Crippen molar-refractivity contribution < 1.29 is 17.7 Å². The predicted molar refractivity (Wildman–Crippen MR) is 93.8 cm³/mol. The summed E-state index contributed by atoms with van der Waals surface area (Å²) in [4.78, 5) is 18.9. The Kier molecular flexibility index (Phi) is 4.34. The van der Waals surface area contributed by atoms with E-state index in [0.29, 0.717) is 44.3 Å². The first-order valence-corrected chi connectivity index (χ1v) is 11.0. The molecule has 0 bridgehead atoms. The molecular formula is C17H26N4O4S. The van der Waals surface area contributed by atoms with E-state index in [1.165, 1.54) is 0 Å². The molecule has 3 aliphatic rings. The van der Waals surface area contributed by atoms with Crippen LogP contribution in [-0.2, 0) is 20.2 Å². The Morgan fingerprint density at radius 1 is 1.31 bits per heavy atom. The van der Waals surface area contributed by atoms with Gasteiger partial charge in [0.1, 0.15) is 0 Å². The lowest BCUT2D eigenvalue weighted by molar-refractivity contribution is -0.131. The molecule has 2 atom stereocenters. The van der Waals surface area contributed by atoms with Gasteiger partial charge in [0.2, 0.25) is 21.8 Å². The Morgan fingerprint density at radius 3 is 2.69 bits per heavy atom. The van der Waals surface area contributed by atoms with E-state index < -0.39 is 15.4 Å². The molecule has 0 N–H and O–H groups in total. The number of hydrogen-bond donors (Lipinski definition) is 0. The molecule has 1 aliphatic carbocycles. The zero-order valence-electron chi connectivity index (χ0n) is 15.3. The topological polar surface area (TPSA) is 96.6 Å². The standard InChI is InChI=1S/C17H26N4O4S/c1-3-4-7-26(23,24)21-9-14-8-20(15(22)13-5-6-13)10-17(14,11-21)16-18-12(2)19-25-16/h13-14H,3-11H2,1-2H3. The average Bonchev–Trinajstić information content (AvgIpc) is 3.08. The monoisotopic (exact) mass is 382 g/mol. The largest absolute Gasteiger partial charge is 0.341 e. The third-order valence-corrected chi connectivity index (χ3v) is 7.79. The number of hydrogen-bond acceptors (Lipinski definition) is 6. The average molecular weight is 382 g/mol. The maximum Gasteiger partial charge on any atom is 0.236 e. The lowest BCUT2D eigenvalue weighted by atomic mass is 9.81. The van der Waals surface area contributed by atoms with Crippen LogP contribution in [0.3, 0.4) is 0 Å². The highest BCUT2D eigenvalue weighted by molar-refractivity contribution is 7.89. The highest BCUT2D eigenvalue weighted by Gasteiger charge is 2.60. The van der Waals surface area contributed by atoms with E-state index >= 15 is 0 Å². The first-order chi connectivity index (χ1) is 12.4. The number of unbranched alkanes of at least 4 members (excludes halogenated alkanes) is 1. The summed E-state index contributed by atoms with van der Waals surface area (Å²) in [5, 5.41) is 3.91. The molecule has 2 unspecified atom stereocenters. The fourth-order valence-corrected chi connectivity index (χ4v) is 5.99. The summed E-state index contributed by atoms with van der Waals surface area (Å²) in [7, 11) is -3.31. The lowest BCUT2D eigenvalue weighted by Crippen LogP contribution is -2.42. The smallest absolute Gasteiger partial charge is 0.236 e. The first-order valence-electron chi connectivity index (χ1n) is 9.43. The number of aromatic nitrogens is 2. The Hall–Kier alpha value is -1.48. The zero-order chi connectivity index (χ0) is 18.5. The molecule has 144 valence electrons. The summed E-state index contributed by atoms with van der Waals surface area (Å²) in [6.45, 7) is 5.51. The van der Waals surface area contributed by atoms with Crippen molar-refractivity contribution in [2.45, 2.75) is 44.9 Å². The van der Waals surface area contributed by atoms with Crippen LogP contribution < -0.4 is 0 Å². The maximum atomic E-state index is 12.7. The van der Waals surface area contributed by atoms with Crippen LogP contribution in [-0.4, -0.2) is 65.6 Å². The molecule has 1 amide bonds. The van der Waals surface area contributed by atoms with Crippen LogP contribution in [0.2, 0.25) is 0 Å². The second kappa shape index (κ2) is 6.30. The van der Waals surface area contributed by atoms with Crippen LogP contribution in [0.4, 0.5) is 0 Å². The molecule has 1 aromatic heterocycles. The summed E-state index contributed by atoms with van der Waals surface area (Å²) in [5.41, 5.74) is -0.578. The highest BCUT2D eigenvalue weighted by atomic mass is 32.2. The number of rotatable bonds is 6. The van der Waals surface area contributed by atoms with Gasteiger partial charge in [-0.1, -0.05) is 18.5 Å². The van der Waals surface area contributed by atoms with Gasteiger partial charge < -0.3 is 9.42 Å². The van der Waals surface area contributed by atoms with E-state index in [1.54, 1.807) is 11.2 Å². The SMILES string of the molecule is CCCCS(=O)(=O)N1CC2CN(C(=O)C3CC3)CC2(c2nc(C)no2)C1. The van der Waals surface area contributed by atoms with Gasteiger partial charge in [-0.2, -0.15) is 4.98 Å². The molecular weight excluding hydrogens is 356 g/mol. The lowest BCUT2D eigenvalue weighted by Gasteiger charge is -2.26. The summed E-state index contributed by atoms with van der Waals surface area (Å²) in [6.07, 6.45) is 3.42. The van der Waals surface area contributed by atoms with Gasteiger partial charge in [-0.15, -0.1) is 0 Å². The number of aryl methyl sites for hydroxylation is 1. The van der Waals surface area contributed by atoms with Crippen molar-refractivity contribution in [2.24, 2.45) is 11.8 Å². The zero-order valence-corrected chi connectivity index (χ0v) is 16.2. The van der Waals surface area contributed by atoms with E-state index in [-0.39, 0.29) is 23.5 Å². The maximum absolute atomic E-state index is 12.7. The van der Waals surface area contributed by atoms with Crippen LogP contribution in [0.15, 0.2) is 4.52 Å². The molecule has 0 aromatic carbocycles. The second-order valence-electron chi connectivity index (χ2n) is 7.95. The van der Waals surface area contributed by atoms with Gasteiger partial charge in [-0.3, -0.25) is 4.79 Å². The Morgan fingerprint density at radius 2 is 2.08 bits per heavy atom. The van der Waals surface area contributed by atoms with Crippen LogP contribution in [0, 0.1) is 18.8 Å². The van der Waals surface area contributed by atoms with E-state index in [1.807, 2.05) is 11.8 Å². The van der Waals surface area contributed by atoms with Crippen molar-refractivity contribution in [3.8, 4) is 0 Å². The molecule has 8 nitrogen and oxygen atoms in total. The molecule has 2 aliphatic heterocycles. The molecule has 3 fully saturated rings. The molecule has 3 heterocycles. The molecule has 26 heavy (non-hydrogen) atoms. The van der Waals surface area contributed by atoms with Gasteiger partial charge in [0.25, 0.3) is 0 Å².